The first-order valence-corrected chi connectivity index (χ1v) is 33.8. The fourth-order valence-corrected chi connectivity index (χ4v) is 12.3. The first-order valence-electron chi connectivity index (χ1n) is 33.8. The fourth-order valence-electron chi connectivity index (χ4n) is 12.3. The number of carbonyl (C=O) groups is 6. The molecule has 6 aliphatic rings. The molecule has 0 saturated carbocycles. The molecule has 0 aromatic heterocycles. The minimum Gasteiger partial charge on any atom is -0.463 e. The Morgan fingerprint density at radius 2 is 0.892 bits per heavy atom. The highest BCUT2D eigenvalue weighted by Crippen LogP contribution is 2.43. The summed E-state index contributed by atoms with van der Waals surface area (Å²) >= 11 is 0. The van der Waals surface area contributed by atoms with Gasteiger partial charge in [-0.1, -0.05) is 155 Å². The van der Waals surface area contributed by atoms with Crippen molar-refractivity contribution in [2.75, 3.05) is 13.2 Å². The van der Waals surface area contributed by atoms with Crippen LogP contribution in [0.4, 0.5) is 0 Å². The second-order valence-corrected chi connectivity index (χ2v) is 27.4. The third-order valence-electron chi connectivity index (χ3n) is 18.3. The number of rotatable bonds is 27. The normalized spacial score (nSPS) is 35.0. The summed E-state index contributed by atoms with van der Waals surface area (Å²) in [4.78, 5) is 78.0. The van der Waals surface area contributed by atoms with Crippen molar-refractivity contribution in [3.63, 3.8) is 0 Å². The summed E-state index contributed by atoms with van der Waals surface area (Å²) in [5.74, 6) is -4.08. The summed E-state index contributed by atoms with van der Waals surface area (Å²) < 4.78 is 48.7. The fraction of sp³-hybridized carbons (Fsp3) is 0.595. The van der Waals surface area contributed by atoms with Crippen LogP contribution in [0.3, 0.4) is 0 Å². The van der Waals surface area contributed by atoms with E-state index < -0.39 is 208 Å². The lowest BCUT2D eigenvalue weighted by molar-refractivity contribution is -0.355. The number of aliphatic hydroxyl groups excluding tert-OH is 13. The Kier molecular flexibility index (Phi) is 33.0. The first-order chi connectivity index (χ1) is 47.8. The molecule has 4 aliphatic heterocycles. The standard InChI is InChI=1S/C37H52O15.C37H52O13/c1-7-9-19(2)10-8-11-20(3)12-13-22-21(4)28(41)23(16-37(22,5)6)49-27(40)15-14-26(39)48-18-25-34(31(44)32(45)35(47)50-25)52-36-33(46)30(43)29(42)24(17-38)51-36;1-8-11-19(3)12-10-13-20(4)14-15-22-21(5)27(40)25(18-37(22,6)7)47-26(39)17-16-23(38)33-34(30(43)31(44)35(46)49-33)50-36-32(45)29(42)28(41)24(9-2)48-36/h7-13,23-25,29-36,38,42-47H,1,14-18H2,2-6H3;8,10-15,24-25,28-36,41-46H,1,9,16-18H2,2-7H3/b10-8+,13-12+,19-9+,20-11+;12-10+,15-14+,19-11+,20-13+. The van der Waals surface area contributed by atoms with Crippen LogP contribution < -0.4 is 0 Å². The van der Waals surface area contributed by atoms with Gasteiger partial charge in [0.2, 0.25) is 0 Å². The third kappa shape index (κ3) is 23.0. The summed E-state index contributed by atoms with van der Waals surface area (Å²) in [5.41, 5.74) is 5.50. The van der Waals surface area contributed by atoms with E-state index in [1.165, 1.54) is 0 Å². The Hall–Kier alpha value is -6.46. The average molecular weight is 1440 g/mol. The van der Waals surface area contributed by atoms with Gasteiger partial charge in [0.1, 0.15) is 98.2 Å². The van der Waals surface area contributed by atoms with Gasteiger partial charge in [0.15, 0.2) is 54.7 Å². The Bertz CT molecular complexity index is 3270. The van der Waals surface area contributed by atoms with Crippen LogP contribution in [0, 0.1) is 10.8 Å². The van der Waals surface area contributed by atoms with E-state index >= 15 is 0 Å². The molecule has 22 unspecified atom stereocenters. The summed E-state index contributed by atoms with van der Waals surface area (Å²) in [7, 11) is 0. The van der Waals surface area contributed by atoms with E-state index in [9.17, 15) is 95.2 Å². The zero-order chi connectivity index (χ0) is 76.4. The predicted molar refractivity (Wildman–Crippen MR) is 365 cm³/mol. The smallest absolute Gasteiger partial charge is 0.307 e. The highest BCUT2D eigenvalue weighted by atomic mass is 16.7. The summed E-state index contributed by atoms with van der Waals surface area (Å²) in [6.45, 7) is 26.5. The van der Waals surface area contributed by atoms with Crippen molar-refractivity contribution in [2.24, 2.45) is 10.8 Å². The number of ketones is 3. The maximum atomic E-state index is 13.3. The molecule has 6 rings (SSSR count). The maximum absolute atomic E-state index is 13.3. The second-order valence-electron chi connectivity index (χ2n) is 27.4. The van der Waals surface area contributed by atoms with Crippen molar-refractivity contribution in [2.45, 2.75) is 256 Å². The molecule has 0 radical (unpaired) electrons. The Labute approximate surface area is 593 Å². The number of Topliss-reactive ketones (excluding diaryl/α,β-unsaturated/α-hetero) is 3. The number of carbonyl (C=O) groups excluding carboxylic acids is 6. The van der Waals surface area contributed by atoms with Crippen molar-refractivity contribution < 1.29 is 138 Å². The van der Waals surface area contributed by atoms with Gasteiger partial charge >= 0.3 is 17.9 Å². The number of ether oxygens (including phenoxy) is 9. The lowest BCUT2D eigenvalue weighted by atomic mass is 9.71. The zero-order valence-corrected chi connectivity index (χ0v) is 59.5. The molecule has 0 bridgehead atoms. The van der Waals surface area contributed by atoms with Crippen LogP contribution in [0.25, 0.3) is 0 Å². The minimum atomic E-state index is -1.99. The maximum Gasteiger partial charge on any atom is 0.307 e. The highest BCUT2D eigenvalue weighted by molar-refractivity contribution is 6.02. The van der Waals surface area contributed by atoms with Gasteiger partial charge in [-0.05, 0) is 81.1 Å². The van der Waals surface area contributed by atoms with E-state index in [1.807, 2.05) is 128 Å². The van der Waals surface area contributed by atoms with Crippen molar-refractivity contribution in [3.05, 3.63) is 143 Å². The molecule has 0 aromatic rings. The van der Waals surface area contributed by atoms with Gasteiger partial charge in [0.25, 0.3) is 0 Å². The largest absolute Gasteiger partial charge is 0.463 e. The van der Waals surface area contributed by atoms with Crippen molar-refractivity contribution in [1.82, 2.24) is 0 Å². The van der Waals surface area contributed by atoms with Crippen LogP contribution in [-0.4, -0.2) is 250 Å². The number of esters is 3. The molecule has 4 fully saturated rings. The number of hydrogen-bond acceptors (Lipinski definition) is 28. The second kappa shape index (κ2) is 39.1. The molecule has 13 N–H and O–H groups in total. The van der Waals surface area contributed by atoms with Gasteiger partial charge in [-0.2, -0.15) is 0 Å². The summed E-state index contributed by atoms with van der Waals surface area (Å²) in [5, 5.41) is 132. The summed E-state index contributed by atoms with van der Waals surface area (Å²) in [6.07, 6.45) is -10.9. The zero-order valence-electron chi connectivity index (χ0n) is 59.5. The van der Waals surface area contributed by atoms with Gasteiger partial charge in [-0.3, -0.25) is 28.8 Å². The average Bonchev–Trinajstić information content (AvgIpc) is 0.800. The van der Waals surface area contributed by atoms with E-state index in [4.69, 9.17) is 42.6 Å². The van der Waals surface area contributed by atoms with E-state index in [0.29, 0.717) is 11.1 Å². The molecule has 4 saturated heterocycles. The lowest BCUT2D eigenvalue weighted by Crippen LogP contribution is -2.64. The van der Waals surface area contributed by atoms with Gasteiger partial charge in [0, 0.05) is 19.3 Å². The highest BCUT2D eigenvalue weighted by Gasteiger charge is 2.54. The predicted octanol–water partition coefficient (Wildman–Crippen LogP) is 2.15. The molecule has 0 spiro atoms. The molecular weight excluding hydrogens is 1340 g/mol. The van der Waals surface area contributed by atoms with Crippen LogP contribution >= 0.6 is 0 Å². The molecule has 28 heteroatoms. The molecule has 2 aliphatic carbocycles. The van der Waals surface area contributed by atoms with Crippen LogP contribution in [0.2, 0.25) is 0 Å². The van der Waals surface area contributed by atoms with Gasteiger partial charge in [-0.15, -0.1) is 0 Å². The summed E-state index contributed by atoms with van der Waals surface area (Å²) in [6, 6.07) is 0. The minimum absolute atomic E-state index is 0.206. The van der Waals surface area contributed by atoms with Gasteiger partial charge < -0.3 is 109 Å². The number of aliphatic hydroxyl groups is 13. The Morgan fingerprint density at radius 1 is 0.490 bits per heavy atom. The molecule has 0 amide bonds. The van der Waals surface area contributed by atoms with Crippen LogP contribution in [-0.2, 0) is 71.4 Å². The topological polar surface area (TPSA) is 448 Å². The van der Waals surface area contributed by atoms with Gasteiger partial charge in [-0.25, -0.2) is 0 Å². The number of hydrogen-bond donors (Lipinski definition) is 13. The molecule has 22 atom stereocenters. The van der Waals surface area contributed by atoms with Crippen LogP contribution in [0.1, 0.15) is 121 Å². The van der Waals surface area contributed by atoms with E-state index in [1.54, 1.807) is 32.9 Å². The van der Waals surface area contributed by atoms with Crippen molar-refractivity contribution >= 4 is 35.3 Å². The monoisotopic (exact) mass is 1440 g/mol. The number of allylic oxidation sites excluding steroid dienone is 20. The molecule has 568 valence electrons. The van der Waals surface area contributed by atoms with E-state index in [2.05, 4.69) is 13.2 Å². The first kappa shape index (κ1) is 86.2. The molecule has 0 aromatic carbocycles. The van der Waals surface area contributed by atoms with Crippen LogP contribution in [0.5, 0.6) is 0 Å². The third-order valence-corrected chi connectivity index (χ3v) is 18.3. The Balaban J connectivity index is 0.000000367. The molecule has 4 heterocycles. The SMILES string of the molecule is C=C/C=C(C)/C=C/C=C(C)/C=C/C1=C(C)C(=O)C(OC(=O)CCC(=O)C2OC(O)C(O)C(O)C2OC2OC(CC)C(O)C(O)C2O)CC1(C)C.C=C/C=C(C)/C=C/C=C(C)/C=C/C1=C(C)C(=O)C(OC(=O)CCC(=O)OCC2OC(O)C(O)C(O)C2OC2OC(CO)C(O)C(O)C2O)CC1(C)C. The van der Waals surface area contributed by atoms with E-state index in [0.717, 1.165) is 33.4 Å². The molecule has 102 heavy (non-hydrogen) atoms. The van der Waals surface area contributed by atoms with Crippen molar-refractivity contribution in [1.29, 1.82) is 0 Å². The Morgan fingerprint density at radius 3 is 1.34 bits per heavy atom. The lowest BCUT2D eigenvalue weighted by Gasteiger charge is -2.45. The van der Waals surface area contributed by atoms with Crippen molar-refractivity contribution in [3.8, 4) is 0 Å². The quantitative estimate of drug-likeness (QED) is 0.0318. The van der Waals surface area contributed by atoms with Gasteiger partial charge in [0.05, 0.1) is 32.0 Å². The molecule has 28 nitrogen and oxygen atoms in total. The van der Waals surface area contributed by atoms with E-state index in [-0.39, 0.29) is 30.8 Å². The van der Waals surface area contributed by atoms with Crippen LogP contribution in [0.15, 0.2) is 143 Å². The molecular formula is C74H104O28.